The summed E-state index contributed by atoms with van der Waals surface area (Å²) < 4.78 is 6.47. The summed E-state index contributed by atoms with van der Waals surface area (Å²) in [5, 5.41) is 1.69. The number of carbonyl (C=O) groups excluding carboxylic acids is 2. The lowest BCUT2D eigenvalue weighted by molar-refractivity contribution is -0.145. The minimum absolute atomic E-state index is 0.0792. The van der Waals surface area contributed by atoms with Gasteiger partial charge in [-0.05, 0) is 24.6 Å². The highest BCUT2D eigenvalue weighted by molar-refractivity contribution is 7.07. The Labute approximate surface area is 124 Å². The zero-order chi connectivity index (χ0) is 15.4. The van der Waals surface area contributed by atoms with Crippen LogP contribution >= 0.6 is 11.3 Å². The molecule has 0 fully saturated rings. The molecule has 0 atom stereocenters. The predicted octanol–water partition coefficient (Wildman–Crippen LogP) is 1.06. The van der Waals surface area contributed by atoms with Crippen molar-refractivity contribution in [2.75, 3.05) is 0 Å². The second-order valence-corrected chi connectivity index (χ2v) is 5.27. The number of rotatable bonds is 5. The molecular formula is C14H14N2O4S. The Morgan fingerprint density at radius 2 is 1.95 bits per heavy atom. The molecule has 1 amide bonds. The van der Waals surface area contributed by atoms with Gasteiger partial charge in [0, 0.05) is 16.6 Å². The van der Waals surface area contributed by atoms with E-state index in [0.29, 0.717) is 5.56 Å². The number of amides is 1. The molecule has 0 bridgehead atoms. The summed E-state index contributed by atoms with van der Waals surface area (Å²) in [5.41, 5.74) is 7.00. The van der Waals surface area contributed by atoms with Gasteiger partial charge in [0.1, 0.15) is 13.2 Å². The number of aromatic nitrogens is 1. The van der Waals surface area contributed by atoms with Crippen molar-refractivity contribution in [1.82, 2.24) is 4.57 Å². The summed E-state index contributed by atoms with van der Waals surface area (Å²) >= 11 is 1.05. The molecule has 110 valence electrons. The molecule has 0 spiro atoms. The van der Waals surface area contributed by atoms with Crippen molar-refractivity contribution in [1.29, 1.82) is 0 Å². The van der Waals surface area contributed by atoms with Crippen LogP contribution in [0.3, 0.4) is 0 Å². The topological polar surface area (TPSA) is 91.4 Å². The third-order valence-corrected chi connectivity index (χ3v) is 3.78. The quantitative estimate of drug-likeness (QED) is 0.836. The molecule has 0 saturated carbocycles. The summed E-state index contributed by atoms with van der Waals surface area (Å²) in [5.74, 6) is -0.997. The summed E-state index contributed by atoms with van der Waals surface area (Å²) in [6, 6.07) is 6.46. The molecule has 6 nitrogen and oxygen atoms in total. The summed E-state index contributed by atoms with van der Waals surface area (Å²) in [7, 11) is 0. The van der Waals surface area contributed by atoms with Crippen LogP contribution in [0, 0.1) is 6.92 Å². The third-order valence-electron chi connectivity index (χ3n) is 2.90. The van der Waals surface area contributed by atoms with E-state index in [0.717, 1.165) is 22.6 Å². The Bertz CT molecular complexity index is 715. The van der Waals surface area contributed by atoms with Crippen molar-refractivity contribution in [3.8, 4) is 0 Å². The number of thiazole rings is 1. The molecule has 21 heavy (non-hydrogen) atoms. The lowest BCUT2D eigenvalue weighted by atomic mass is 10.1. The van der Waals surface area contributed by atoms with Gasteiger partial charge in [0.2, 0.25) is 5.91 Å². The molecule has 1 aromatic carbocycles. The van der Waals surface area contributed by atoms with Gasteiger partial charge in [0.05, 0.1) is 0 Å². The van der Waals surface area contributed by atoms with Crippen LogP contribution in [-0.4, -0.2) is 16.4 Å². The highest BCUT2D eigenvalue weighted by Crippen LogP contribution is 2.06. The fourth-order valence-corrected chi connectivity index (χ4v) is 2.43. The molecule has 7 heteroatoms. The summed E-state index contributed by atoms with van der Waals surface area (Å²) in [6.07, 6.45) is 0. The number of carbonyl (C=O) groups is 2. The first-order valence-corrected chi connectivity index (χ1v) is 7.04. The van der Waals surface area contributed by atoms with Crippen LogP contribution in [0.4, 0.5) is 0 Å². The number of hydrogen-bond donors (Lipinski definition) is 1. The van der Waals surface area contributed by atoms with Crippen molar-refractivity contribution < 1.29 is 14.3 Å². The minimum atomic E-state index is -0.508. The Morgan fingerprint density at radius 1 is 1.29 bits per heavy atom. The Kier molecular flexibility index (Phi) is 4.54. The van der Waals surface area contributed by atoms with Crippen LogP contribution in [0.25, 0.3) is 0 Å². The van der Waals surface area contributed by atoms with E-state index in [9.17, 15) is 14.4 Å². The van der Waals surface area contributed by atoms with Gasteiger partial charge in [-0.15, -0.1) is 0 Å². The SMILES string of the molecule is Cc1csc(=O)n1CC(=O)OCc1ccc(C(N)=O)cc1. The molecule has 2 rings (SSSR count). The van der Waals surface area contributed by atoms with Gasteiger partial charge in [-0.2, -0.15) is 0 Å². The number of benzene rings is 1. The monoisotopic (exact) mass is 306 g/mol. The second kappa shape index (κ2) is 6.36. The lowest BCUT2D eigenvalue weighted by Crippen LogP contribution is -2.22. The number of hydrogen-bond acceptors (Lipinski definition) is 5. The zero-order valence-corrected chi connectivity index (χ0v) is 12.2. The molecule has 1 aromatic heterocycles. The van der Waals surface area contributed by atoms with Gasteiger partial charge in [-0.1, -0.05) is 23.5 Å². The van der Waals surface area contributed by atoms with Gasteiger partial charge < -0.3 is 10.5 Å². The zero-order valence-electron chi connectivity index (χ0n) is 11.4. The number of primary amides is 1. The van der Waals surface area contributed by atoms with E-state index in [1.54, 1.807) is 36.6 Å². The van der Waals surface area contributed by atoms with Crippen LogP contribution in [-0.2, 0) is 22.7 Å². The van der Waals surface area contributed by atoms with E-state index in [2.05, 4.69) is 0 Å². The maximum Gasteiger partial charge on any atom is 0.326 e. The third kappa shape index (κ3) is 3.79. The second-order valence-electron chi connectivity index (χ2n) is 4.45. The molecule has 0 radical (unpaired) electrons. The van der Waals surface area contributed by atoms with Gasteiger partial charge in [-0.3, -0.25) is 19.0 Å². The van der Waals surface area contributed by atoms with Crippen molar-refractivity contribution in [2.45, 2.75) is 20.1 Å². The van der Waals surface area contributed by atoms with E-state index >= 15 is 0 Å². The van der Waals surface area contributed by atoms with Crippen LogP contribution in [0.15, 0.2) is 34.4 Å². The predicted molar refractivity (Wildman–Crippen MR) is 78.1 cm³/mol. The lowest BCUT2D eigenvalue weighted by Gasteiger charge is -2.07. The summed E-state index contributed by atoms with van der Waals surface area (Å²) in [6.45, 7) is 1.73. The maximum absolute atomic E-state index is 11.7. The Morgan fingerprint density at radius 3 is 2.48 bits per heavy atom. The van der Waals surface area contributed by atoms with Crippen LogP contribution < -0.4 is 10.6 Å². The fraction of sp³-hybridized carbons (Fsp3) is 0.214. The summed E-state index contributed by atoms with van der Waals surface area (Å²) in [4.78, 5) is 33.9. The number of nitrogens with two attached hydrogens (primary N) is 1. The number of nitrogens with zero attached hydrogens (tertiary/aromatic N) is 1. The first kappa shape index (κ1) is 15.0. The van der Waals surface area contributed by atoms with E-state index < -0.39 is 11.9 Å². The fourth-order valence-electron chi connectivity index (χ4n) is 1.70. The number of ether oxygens (including phenoxy) is 1. The highest BCUT2D eigenvalue weighted by Gasteiger charge is 2.10. The largest absolute Gasteiger partial charge is 0.459 e. The van der Waals surface area contributed by atoms with Gasteiger partial charge in [-0.25, -0.2) is 0 Å². The highest BCUT2D eigenvalue weighted by atomic mass is 32.1. The van der Waals surface area contributed by atoms with Crippen LogP contribution in [0.1, 0.15) is 21.6 Å². The standard InChI is InChI=1S/C14H14N2O4S/c1-9-8-21-14(19)16(9)6-12(17)20-7-10-2-4-11(5-3-10)13(15)18/h2-5,8H,6-7H2,1H3,(H2,15,18). The molecule has 2 N–H and O–H groups in total. The van der Waals surface area contributed by atoms with E-state index in [-0.39, 0.29) is 18.0 Å². The maximum atomic E-state index is 11.7. The average Bonchev–Trinajstić information content (AvgIpc) is 2.77. The van der Waals surface area contributed by atoms with Gasteiger partial charge in [0.15, 0.2) is 0 Å². The number of aryl methyl sites for hydroxylation is 1. The average molecular weight is 306 g/mol. The van der Waals surface area contributed by atoms with E-state index in [1.165, 1.54) is 4.57 Å². The molecule has 0 aliphatic carbocycles. The molecule has 0 aliphatic heterocycles. The number of esters is 1. The van der Waals surface area contributed by atoms with Crippen molar-refractivity contribution in [3.05, 3.63) is 56.1 Å². The van der Waals surface area contributed by atoms with Gasteiger partial charge >= 0.3 is 10.8 Å². The Balaban J connectivity index is 1.92. The molecule has 1 heterocycles. The van der Waals surface area contributed by atoms with Crippen LogP contribution in [0.2, 0.25) is 0 Å². The van der Waals surface area contributed by atoms with E-state index in [1.807, 2.05) is 0 Å². The molecule has 0 saturated heterocycles. The normalized spacial score (nSPS) is 10.3. The minimum Gasteiger partial charge on any atom is -0.459 e. The molecule has 0 aliphatic rings. The van der Waals surface area contributed by atoms with Crippen molar-refractivity contribution >= 4 is 23.2 Å². The van der Waals surface area contributed by atoms with Gasteiger partial charge in [0.25, 0.3) is 0 Å². The van der Waals surface area contributed by atoms with Crippen molar-refractivity contribution in [2.24, 2.45) is 5.73 Å². The molecular weight excluding hydrogens is 292 g/mol. The van der Waals surface area contributed by atoms with Crippen LogP contribution in [0.5, 0.6) is 0 Å². The molecule has 0 unspecified atom stereocenters. The Hall–Kier alpha value is -2.41. The first-order valence-electron chi connectivity index (χ1n) is 6.16. The van der Waals surface area contributed by atoms with E-state index in [4.69, 9.17) is 10.5 Å². The van der Waals surface area contributed by atoms with Crippen molar-refractivity contribution in [3.63, 3.8) is 0 Å². The molecule has 2 aromatic rings. The first-order chi connectivity index (χ1) is 9.97. The smallest absolute Gasteiger partial charge is 0.326 e.